The highest BCUT2D eigenvalue weighted by Gasteiger charge is 2.24. The van der Waals surface area contributed by atoms with Gasteiger partial charge in [-0.2, -0.15) is 0 Å². The van der Waals surface area contributed by atoms with Gasteiger partial charge in [0.15, 0.2) is 6.29 Å². The van der Waals surface area contributed by atoms with E-state index in [0.717, 1.165) is 11.1 Å². The number of hydrogen-bond donors (Lipinski definition) is 3. The highest BCUT2D eigenvalue weighted by Crippen LogP contribution is 2.36. The van der Waals surface area contributed by atoms with Crippen LogP contribution in [0.1, 0.15) is 28.5 Å². The molecule has 0 saturated heterocycles. The Balaban J connectivity index is 1.58. The van der Waals surface area contributed by atoms with E-state index < -0.39 is 6.29 Å². The lowest BCUT2D eigenvalue weighted by atomic mass is 9.95. The van der Waals surface area contributed by atoms with Crippen LogP contribution in [0.25, 0.3) is 11.3 Å². The van der Waals surface area contributed by atoms with E-state index in [-0.39, 0.29) is 12.4 Å². The first-order valence-electron chi connectivity index (χ1n) is 10.2. The minimum Gasteiger partial charge on any atom is -0.364 e. The summed E-state index contributed by atoms with van der Waals surface area (Å²) in [6.45, 7) is 0.271. The van der Waals surface area contributed by atoms with Crippen LogP contribution in [0, 0.1) is 5.82 Å². The number of halogens is 2. The van der Waals surface area contributed by atoms with Crippen molar-refractivity contribution in [1.29, 1.82) is 0 Å². The Kier molecular flexibility index (Phi) is 5.60. The van der Waals surface area contributed by atoms with Crippen LogP contribution < -0.4 is 5.32 Å². The normalized spacial score (nSPS) is 12.6. The Labute approximate surface area is 194 Å². The van der Waals surface area contributed by atoms with Crippen molar-refractivity contribution in [1.82, 2.24) is 9.97 Å². The van der Waals surface area contributed by atoms with E-state index in [1.807, 2.05) is 12.1 Å². The first-order chi connectivity index (χ1) is 16.0. The molecule has 0 bridgehead atoms. The molecule has 0 amide bonds. The highest BCUT2D eigenvalue weighted by molar-refractivity contribution is 6.36. The Morgan fingerprint density at radius 3 is 2.45 bits per heavy atom. The minimum atomic E-state index is -1.53. The molecule has 2 heterocycles. The zero-order valence-corrected chi connectivity index (χ0v) is 18.0. The second-order valence-corrected chi connectivity index (χ2v) is 7.90. The second kappa shape index (κ2) is 8.71. The van der Waals surface area contributed by atoms with Crippen molar-refractivity contribution in [2.24, 2.45) is 4.99 Å². The molecule has 3 aromatic carbocycles. The van der Waals surface area contributed by atoms with Crippen molar-refractivity contribution in [3.63, 3.8) is 0 Å². The van der Waals surface area contributed by atoms with Gasteiger partial charge in [0.05, 0.1) is 23.0 Å². The summed E-state index contributed by atoms with van der Waals surface area (Å²) in [5.41, 5.74) is 4.70. The Morgan fingerprint density at radius 2 is 1.70 bits per heavy atom. The van der Waals surface area contributed by atoms with Gasteiger partial charge in [-0.1, -0.05) is 48.0 Å². The first-order valence-corrected chi connectivity index (χ1v) is 10.6. The van der Waals surface area contributed by atoms with Crippen LogP contribution in [0.4, 0.5) is 16.0 Å². The van der Waals surface area contributed by atoms with Crippen molar-refractivity contribution >= 4 is 28.9 Å². The number of aliphatic hydroxyl groups is 2. The van der Waals surface area contributed by atoms with Crippen LogP contribution in [0.3, 0.4) is 0 Å². The molecule has 0 saturated carbocycles. The summed E-state index contributed by atoms with van der Waals surface area (Å²) in [6.07, 6.45) is 0.155. The Bertz CT molecular complexity index is 1370. The van der Waals surface area contributed by atoms with Gasteiger partial charge in [-0.15, -0.1) is 0 Å². The number of anilines is 2. The quantitative estimate of drug-likeness (QED) is 0.372. The monoisotopic (exact) mass is 460 g/mol. The summed E-state index contributed by atoms with van der Waals surface area (Å²) >= 11 is 6.58. The van der Waals surface area contributed by atoms with E-state index in [0.29, 0.717) is 44.8 Å². The van der Waals surface area contributed by atoms with Crippen LogP contribution >= 0.6 is 11.6 Å². The van der Waals surface area contributed by atoms with E-state index in [2.05, 4.69) is 15.3 Å². The van der Waals surface area contributed by atoms with E-state index in [1.165, 1.54) is 6.07 Å². The van der Waals surface area contributed by atoms with Gasteiger partial charge >= 0.3 is 0 Å². The van der Waals surface area contributed by atoms with Gasteiger partial charge in [-0.3, -0.25) is 4.99 Å². The molecule has 0 fully saturated rings. The summed E-state index contributed by atoms with van der Waals surface area (Å²) < 4.78 is 14.7. The average molecular weight is 461 g/mol. The minimum absolute atomic E-state index is 0.271. The molecule has 33 heavy (non-hydrogen) atoms. The molecule has 164 valence electrons. The van der Waals surface area contributed by atoms with Gasteiger partial charge in [-0.05, 0) is 30.3 Å². The SMILES string of the molecule is OC(O)c1ccc(Nc2ncc3c(n2)-c2cccc(Cl)c2C(c2ccccc2F)=NC3)cc1. The number of aliphatic imine (C=N–C) groups is 1. The number of nitrogens with zero attached hydrogens (tertiary/aromatic N) is 3. The fourth-order valence-corrected chi connectivity index (χ4v) is 4.03. The maximum Gasteiger partial charge on any atom is 0.227 e. The largest absolute Gasteiger partial charge is 0.364 e. The molecule has 4 aromatic rings. The number of aliphatic hydroxyl groups excluding tert-OH is 1. The van der Waals surface area contributed by atoms with Gasteiger partial charge in [0, 0.05) is 39.7 Å². The van der Waals surface area contributed by atoms with Crippen molar-refractivity contribution in [2.75, 3.05) is 5.32 Å². The predicted molar refractivity (Wildman–Crippen MR) is 125 cm³/mol. The molecule has 0 atom stereocenters. The maximum absolute atomic E-state index is 14.7. The topological polar surface area (TPSA) is 90.6 Å². The summed E-state index contributed by atoms with van der Waals surface area (Å²) in [6, 6.07) is 18.5. The molecule has 1 aliphatic rings. The molecule has 0 spiro atoms. The molecule has 5 rings (SSSR count). The van der Waals surface area contributed by atoms with Gasteiger partial charge in [0.1, 0.15) is 5.82 Å². The summed E-state index contributed by atoms with van der Waals surface area (Å²) in [4.78, 5) is 13.8. The first kappa shape index (κ1) is 21.2. The molecule has 8 heteroatoms. The van der Waals surface area contributed by atoms with Crippen LogP contribution in [-0.2, 0) is 6.54 Å². The number of fused-ring (bicyclic) bond motifs is 3. The molecular formula is C25H18ClFN4O2. The molecule has 0 aliphatic carbocycles. The molecule has 1 aromatic heterocycles. The molecule has 3 N–H and O–H groups in total. The highest BCUT2D eigenvalue weighted by atomic mass is 35.5. The summed E-state index contributed by atoms with van der Waals surface area (Å²) in [5.74, 6) is -0.0238. The smallest absolute Gasteiger partial charge is 0.227 e. The van der Waals surface area contributed by atoms with Gasteiger partial charge in [0.2, 0.25) is 5.95 Å². The fourth-order valence-electron chi connectivity index (χ4n) is 3.76. The van der Waals surface area contributed by atoms with E-state index >= 15 is 0 Å². The predicted octanol–water partition coefficient (Wildman–Crippen LogP) is 5.01. The van der Waals surface area contributed by atoms with E-state index in [9.17, 15) is 14.6 Å². The number of benzene rings is 3. The van der Waals surface area contributed by atoms with Crippen molar-refractivity contribution < 1.29 is 14.6 Å². The third kappa shape index (κ3) is 4.09. The number of hydrogen-bond acceptors (Lipinski definition) is 6. The third-order valence-corrected chi connectivity index (χ3v) is 5.69. The molecular weight excluding hydrogens is 443 g/mol. The second-order valence-electron chi connectivity index (χ2n) is 7.50. The average Bonchev–Trinajstić information content (AvgIpc) is 2.98. The number of aromatic nitrogens is 2. The Hall–Kier alpha value is -3.65. The fraction of sp³-hybridized carbons (Fsp3) is 0.0800. The maximum atomic E-state index is 14.7. The zero-order chi connectivity index (χ0) is 22.9. The van der Waals surface area contributed by atoms with Crippen LogP contribution in [0.5, 0.6) is 0 Å². The lowest BCUT2D eigenvalue weighted by Gasteiger charge is -2.14. The standard InChI is InChI=1S/C25H18ClFN4O2/c26-19-6-3-5-18-21(19)23(17-4-1-2-7-20(17)27)28-12-15-13-29-25(31-22(15)18)30-16-10-8-14(9-11-16)24(32)33/h1-11,13,24,32-33H,12H2,(H,29,30,31). The van der Waals surface area contributed by atoms with Crippen molar-refractivity contribution in [2.45, 2.75) is 12.8 Å². The van der Waals surface area contributed by atoms with Gasteiger partial charge < -0.3 is 15.5 Å². The van der Waals surface area contributed by atoms with Gasteiger partial charge in [-0.25, -0.2) is 14.4 Å². The molecule has 0 unspecified atom stereocenters. The van der Waals surface area contributed by atoms with Crippen molar-refractivity contribution in [3.8, 4) is 11.3 Å². The molecule has 6 nitrogen and oxygen atoms in total. The van der Waals surface area contributed by atoms with Crippen LogP contribution in [-0.4, -0.2) is 25.9 Å². The van der Waals surface area contributed by atoms with Crippen molar-refractivity contribution in [3.05, 3.63) is 106 Å². The van der Waals surface area contributed by atoms with Crippen LogP contribution in [0.15, 0.2) is 77.9 Å². The van der Waals surface area contributed by atoms with E-state index in [1.54, 1.807) is 54.7 Å². The zero-order valence-electron chi connectivity index (χ0n) is 17.2. The van der Waals surface area contributed by atoms with E-state index in [4.69, 9.17) is 16.6 Å². The molecule has 1 aliphatic heterocycles. The lowest BCUT2D eigenvalue weighted by Crippen LogP contribution is -2.08. The summed E-state index contributed by atoms with van der Waals surface area (Å²) in [5, 5.41) is 22.1. The number of rotatable bonds is 4. The summed E-state index contributed by atoms with van der Waals surface area (Å²) in [7, 11) is 0. The number of nitrogens with one attached hydrogen (secondary N) is 1. The molecule has 0 radical (unpaired) electrons. The lowest BCUT2D eigenvalue weighted by molar-refractivity contribution is -0.0424. The Morgan fingerprint density at radius 1 is 0.939 bits per heavy atom. The van der Waals surface area contributed by atoms with Crippen LogP contribution in [0.2, 0.25) is 5.02 Å². The third-order valence-electron chi connectivity index (χ3n) is 5.37. The van der Waals surface area contributed by atoms with Gasteiger partial charge in [0.25, 0.3) is 0 Å².